The first-order valence-electron chi connectivity index (χ1n) is 13.3. The van der Waals surface area contributed by atoms with Crippen molar-refractivity contribution in [2.24, 2.45) is 6.98 Å². The van der Waals surface area contributed by atoms with Crippen LogP contribution in [-0.2, 0) is 27.0 Å². The van der Waals surface area contributed by atoms with Crippen LogP contribution in [0, 0.1) is 6.57 Å². The third-order valence-electron chi connectivity index (χ3n) is 6.63. The molecule has 3 aromatic rings. The monoisotopic (exact) mass is 600 g/mol. The minimum Gasteiger partial charge on any atom is -0.292 e. The van der Waals surface area contributed by atoms with Gasteiger partial charge in [-0.3, -0.25) is 9.53 Å². The lowest BCUT2D eigenvalue weighted by Gasteiger charge is -2.28. The number of sulfonamides is 2. The van der Waals surface area contributed by atoms with Crippen LogP contribution in [0.3, 0.4) is 0 Å². The summed E-state index contributed by atoms with van der Waals surface area (Å²) in [6.45, 7) is 7.65. The minimum atomic E-state index is -4.33. The van der Waals surface area contributed by atoms with Crippen LogP contribution < -0.4 is 4.72 Å². The van der Waals surface area contributed by atoms with Crippen molar-refractivity contribution < 1.29 is 29.7 Å². The molecule has 0 radical (unpaired) electrons. The quantitative estimate of drug-likeness (QED) is 0.391. The van der Waals surface area contributed by atoms with Crippen LogP contribution in [0.25, 0.3) is 32.0 Å². The Bertz CT molecular complexity index is 1860. The molecule has 1 saturated carbocycles. The van der Waals surface area contributed by atoms with E-state index >= 15 is 0 Å². The van der Waals surface area contributed by atoms with Crippen molar-refractivity contribution in [2.45, 2.75) is 55.3 Å². The molecule has 11 nitrogen and oxygen atoms in total. The van der Waals surface area contributed by atoms with Crippen LogP contribution in [-0.4, -0.2) is 65.1 Å². The fourth-order valence-electron chi connectivity index (χ4n) is 4.29. The van der Waals surface area contributed by atoms with Gasteiger partial charge in [0.1, 0.15) is 5.69 Å². The van der Waals surface area contributed by atoms with E-state index in [1.807, 2.05) is 0 Å². The highest BCUT2D eigenvalue weighted by molar-refractivity contribution is 7.89. The molecule has 1 aliphatic carbocycles. The molecular weight excluding hydrogens is 572 g/mol. The molecule has 3 heterocycles. The Labute approximate surface area is 232 Å². The summed E-state index contributed by atoms with van der Waals surface area (Å²) < 4.78 is 108. The van der Waals surface area contributed by atoms with Crippen molar-refractivity contribution in [3.63, 3.8) is 0 Å². The van der Waals surface area contributed by atoms with Crippen LogP contribution in [0.4, 0.5) is 8.78 Å². The maximum absolute atomic E-state index is 13.5. The molecule has 0 atom stereocenters. The van der Waals surface area contributed by atoms with Crippen LogP contribution >= 0.6 is 11.3 Å². The molecule has 0 unspecified atom stereocenters. The summed E-state index contributed by atoms with van der Waals surface area (Å²) in [5.74, 6) is 0. The number of benzene rings is 1. The van der Waals surface area contributed by atoms with Gasteiger partial charge in [0.2, 0.25) is 20.0 Å². The van der Waals surface area contributed by atoms with Gasteiger partial charge in [-0.05, 0) is 38.0 Å². The maximum Gasteiger partial charge on any atom is 0.299 e. The molecule has 208 valence electrons. The van der Waals surface area contributed by atoms with Gasteiger partial charge in [-0.2, -0.15) is 9.40 Å². The fraction of sp³-hybridized carbons (Fsp3) is 0.478. The van der Waals surface area contributed by atoms with Gasteiger partial charge in [-0.15, -0.1) is 14.9 Å². The van der Waals surface area contributed by atoms with Crippen LogP contribution in [0.5, 0.6) is 0 Å². The predicted molar refractivity (Wildman–Crippen MR) is 142 cm³/mol. The Morgan fingerprint density at radius 1 is 1.23 bits per heavy atom. The number of rotatable bonds is 8. The molecule has 1 N–H and O–H groups in total. The Balaban J connectivity index is 1.76. The molecule has 0 saturated heterocycles. The van der Waals surface area contributed by atoms with Gasteiger partial charge in [0.25, 0.3) is 12.1 Å². The molecule has 1 fully saturated rings. The SMILES string of the molecule is [2H]C([2H])([2H])n1nc(-c2nnc(C(F)F)s2)c2cc(S(=O)(=O)NC3([N+]#[C-])CC3)cc(C3=CCN(S(=O)(=O)C(C)C)CC3)c21. The van der Waals surface area contributed by atoms with Crippen LogP contribution in [0.1, 0.15) is 54.2 Å². The average Bonchev–Trinajstić information content (AvgIpc) is 3.31. The molecule has 0 bridgehead atoms. The average molecular weight is 601 g/mol. The standard InChI is InChI=1S/C23H25F2N7O4S3/c1-13(2)39(35,36)32-9-5-14(6-10-32)16-11-15(38(33,34)30-23(26-3)7-8-23)12-17-18(29-31(4)19(16)17)21-27-28-22(37-21)20(24)25/h5,11-13,20,30H,6-10H2,1-2,4H3/i4D3. The maximum atomic E-state index is 13.5. The Morgan fingerprint density at radius 3 is 2.51 bits per heavy atom. The number of halogens is 2. The first-order valence-corrected chi connectivity index (χ1v) is 15.6. The lowest BCUT2D eigenvalue weighted by atomic mass is 9.97. The lowest BCUT2D eigenvalue weighted by molar-refractivity contribution is 0.150. The van der Waals surface area contributed by atoms with Gasteiger partial charge in [0, 0.05) is 35.1 Å². The third kappa shape index (κ3) is 4.97. The first kappa shape index (κ1) is 24.0. The third-order valence-corrected chi connectivity index (χ3v) is 11.3. The molecule has 2 aliphatic rings. The van der Waals surface area contributed by atoms with Gasteiger partial charge < -0.3 is 0 Å². The summed E-state index contributed by atoms with van der Waals surface area (Å²) in [5, 5.41) is 9.98. The molecule has 5 rings (SSSR count). The number of fused-ring (bicyclic) bond motifs is 1. The van der Waals surface area contributed by atoms with E-state index in [4.69, 9.17) is 10.7 Å². The van der Waals surface area contributed by atoms with Crippen molar-refractivity contribution in [1.82, 2.24) is 29.0 Å². The summed E-state index contributed by atoms with van der Waals surface area (Å²) in [6.07, 6.45) is -0.595. The molecule has 1 aliphatic heterocycles. The highest BCUT2D eigenvalue weighted by Crippen LogP contribution is 2.41. The number of alkyl halides is 2. The molecule has 1 aromatic carbocycles. The highest BCUT2D eigenvalue weighted by atomic mass is 32.2. The van der Waals surface area contributed by atoms with Gasteiger partial charge in [-0.1, -0.05) is 17.4 Å². The number of nitrogens with zero attached hydrogens (tertiary/aromatic N) is 6. The van der Waals surface area contributed by atoms with E-state index in [1.54, 1.807) is 19.9 Å². The largest absolute Gasteiger partial charge is 0.299 e. The van der Waals surface area contributed by atoms with Gasteiger partial charge in [0.05, 0.1) is 28.5 Å². The second-order valence-electron chi connectivity index (χ2n) is 9.55. The number of hydrogen-bond donors (Lipinski definition) is 1. The Kier molecular flexibility index (Phi) is 5.95. The van der Waals surface area contributed by atoms with Crippen molar-refractivity contribution in [1.29, 1.82) is 0 Å². The topological polar surface area (TPSA) is 132 Å². The summed E-state index contributed by atoms with van der Waals surface area (Å²) in [5.41, 5.74) is -0.802. The summed E-state index contributed by atoms with van der Waals surface area (Å²) in [4.78, 5) is 3.09. The van der Waals surface area contributed by atoms with E-state index < -0.39 is 49.4 Å². The zero-order chi connectivity index (χ0) is 30.8. The Hall–Kier alpha value is -2.84. The molecule has 16 heteroatoms. The van der Waals surface area contributed by atoms with Gasteiger partial charge >= 0.3 is 0 Å². The molecule has 39 heavy (non-hydrogen) atoms. The normalized spacial score (nSPS) is 19.5. The zero-order valence-corrected chi connectivity index (χ0v) is 23.2. The number of aryl methyl sites for hydroxylation is 1. The Morgan fingerprint density at radius 2 is 1.97 bits per heavy atom. The molecule has 2 aromatic heterocycles. The molecule has 0 amide bonds. The predicted octanol–water partition coefficient (Wildman–Crippen LogP) is 3.54. The molecular formula is C23H25F2N7O4S3. The second kappa shape index (κ2) is 9.66. The zero-order valence-electron chi connectivity index (χ0n) is 23.7. The van der Waals surface area contributed by atoms with E-state index in [0.717, 1.165) is 0 Å². The smallest absolute Gasteiger partial charge is 0.292 e. The van der Waals surface area contributed by atoms with E-state index in [2.05, 4.69) is 24.9 Å². The van der Waals surface area contributed by atoms with E-state index in [0.29, 0.717) is 34.4 Å². The van der Waals surface area contributed by atoms with Gasteiger partial charge in [-0.25, -0.2) is 32.2 Å². The van der Waals surface area contributed by atoms with Crippen molar-refractivity contribution in [3.8, 4) is 10.7 Å². The van der Waals surface area contributed by atoms with E-state index in [9.17, 15) is 25.6 Å². The fourth-order valence-corrected chi connectivity index (χ4v) is 7.62. The van der Waals surface area contributed by atoms with Gasteiger partial charge in [0.15, 0.2) is 10.0 Å². The number of hydrogen-bond acceptors (Lipinski definition) is 8. The number of aromatic nitrogens is 4. The van der Waals surface area contributed by atoms with Crippen molar-refractivity contribution in [3.05, 3.63) is 40.2 Å². The first-order chi connectivity index (χ1) is 19.5. The number of nitrogens with one attached hydrogen (secondary N) is 1. The summed E-state index contributed by atoms with van der Waals surface area (Å²) in [6, 6.07) is 2.44. The minimum absolute atomic E-state index is 0.00419. The second-order valence-corrected chi connectivity index (χ2v) is 14.7. The van der Waals surface area contributed by atoms with Crippen LogP contribution in [0.2, 0.25) is 0 Å². The highest BCUT2D eigenvalue weighted by Gasteiger charge is 2.54. The van der Waals surface area contributed by atoms with E-state index in [-0.39, 0.29) is 51.6 Å². The summed E-state index contributed by atoms with van der Waals surface area (Å²) >= 11 is 0.492. The van der Waals surface area contributed by atoms with Crippen LogP contribution in [0.15, 0.2) is 23.1 Å². The van der Waals surface area contributed by atoms with Crippen molar-refractivity contribution in [2.75, 3.05) is 13.1 Å². The summed E-state index contributed by atoms with van der Waals surface area (Å²) in [7, 11) is -7.92. The van der Waals surface area contributed by atoms with E-state index in [1.165, 1.54) is 16.4 Å². The lowest BCUT2D eigenvalue weighted by Crippen LogP contribution is -2.39. The van der Waals surface area contributed by atoms with Crippen molar-refractivity contribution >= 4 is 47.9 Å². The molecule has 0 spiro atoms.